The molecule has 4 heteroatoms. The van der Waals surface area contributed by atoms with E-state index in [9.17, 15) is 4.79 Å². The summed E-state index contributed by atoms with van der Waals surface area (Å²) < 4.78 is 0. The third-order valence-electron chi connectivity index (χ3n) is 4.75. The lowest BCUT2D eigenvalue weighted by molar-refractivity contribution is -0.133. The van der Waals surface area contributed by atoms with Crippen molar-refractivity contribution >= 4 is 5.91 Å². The summed E-state index contributed by atoms with van der Waals surface area (Å²) in [5.41, 5.74) is 5.91. The van der Waals surface area contributed by atoms with E-state index < -0.39 is 0 Å². The van der Waals surface area contributed by atoms with Gasteiger partial charge in [0.2, 0.25) is 5.91 Å². The molecule has 1 unspecified atom stereocenters. The molecule has 1 saturated carbocycles. The first-order valence-corrected chi connectivity index (χ1v) is 7.86. The van der Waals surface area contributed by atoms with Crippen LogP contribution in [0.4, 0.5) is 0 Å². The third-order valence-corrected chi connectivity index (χ3v) is 4.75. The molecule has 3 N–H and O–H groups in total. The van der Waals surface area contributed by atoms with Gasteiger partial charge in [0.15, 0.2) is 0 Å². The van der Waals surface area contributed by atoms with Crippen LogP contribution in [-0.2, 0) is 4.79 Å². The molecule has 0 spiro atoms. The van der Waals surface area contributed by atoms with Crippen molar-refractivity contribution < 1.29 is 9.90 Å². The second-order valence-electron chi connectivity index (χ2n) is 6.23. The zero-order chi connectivity index (χ0) is 13.7. The molecule has 2 aliphatic rings. The number of likely N-dealkylation sites (tertiary alicyclic amines) is 1. The highest BCUT2D eigenvalue weighted by Crippen LogP contribution is 2.29. The third kappa shape index (κ3) is 4.18. The summed E-state index contributed by atoms with van der Waals surface area (Å²) in [5, 5.41) is 8.92. The molecule has 1 aliphatic heterocycles. The molecular weight excluding hydrogens is 240 g/mol. The van der Waals surface area contributed by atoms with Gasteiger partial charge in [0.1, 0.15) is 0 Å². The Morgan fingerprint density at radius 1 is 1.21 bits per heavy atom. The van der Waals surface area contributed by atoms with E-state index in [1.165, 1.54) is 0 Å². The van der Waals surface area contributed by atoms with Crippen LogP contribution in [-0.4, -0.2) is 41.1 Å². The van der Waals surface area contributed by atoms with Gasteiger partial charge in [-0.3, -0.25) is 4.79 Å². The number of nitrogens with zero attached hydrogens (tertiary/aromatic N) is 1. The van der Waals surface area contributed by atoms with Crippen molar-refractivity contribution in [2.75, 3.05) is 13.2 Å². The molecule has 19 heavy (non-hydrogen) atoms. The predicted molar refractivity (Wildman–Crippen MR) is 75.6 cm³/mol. The Kier molecular flexibility index (Phi) is 5.64. The van der Waals surface area contributed by atoms with Crippen LogP contribution in [0.3, 0.4) is 0 Å². The highest BCUT2D eigenvalue weighted by atomic mass is 16.3. The summed E-state index contributed by atoms with van der Waals surface area (Å²) in [6, 6.07) is 0.737. The van der Waals surface area contributed by atoms with Gasteiger partial charge < -0.3 is 15.7 Å². The van der Waals surface area contributed by atoms with Crippen LogP contribution in [0.5, 0.6) is 0 Å². The maximum absolute atomic E-state index is 12.4. The van der Waals surface area contributed by atoms with Crippen molar-refractivity contribution in [1.29, 1.82) is 0 Å². The second-order valence-corrected chi connectivity index (χ2v) is 6.23. The predicted octanol–water partition coefficient (Wildman–Crippen LogP) is 1.66. The summed E-state index contributed by atoms with van der Waals surface area (Å²) in [6.07, 6.45) is 9.09. The molecule has 110 valence electrons. The SMILES string of the molecule is NC1CCC(CC(=O)N2CCCC2CCCO)CC1. The van der Waals surface area contributed by atoms with Crippen LogP contribution in [0, 0.1) is 5.92 Å². The highest BCUT2D eigenvalue weighted by Gasteiger charge is 2.30. The quantitative estimate of drug-likeness (QED) is 0.797. The van der Waals surface area contributed by atoms with Gasteiger partial charge in [-0.25, -0.2) is 0 Å². The first-order chi connectivity index (χ1) is 9.20. The van der Waals surface area contributed by atoms with Gasteiger partial charge in [-0.2, -0.15) is 0 Å². The molecule has 0 aromatic rings. The van der Waals surface area contributed by atoms with Gasteiger partial charge in [0.05, 0.1) is 0 Å². The normalized spacial score (nSPS) is 31.7. The Bertz CT molecular complexity index is 288. The standard InChI is InChI=1S/C15H28N2O2/c16-13-7-5-12(6-8-13)11-15(19)17-9-1-3-14(17)4-2-10-18/h12-14,18H,1-11,16H2. The Balaban J connectivity index is 1.78. The Hall–Kier alpha value is -0.610. The van der Waals surface area contributed by atoms with Crippen LogP contribution in [0.15, 0.2) is 0 Å². The van der Waals surface area contributed by atoms with Gasteiger partial charge >= 0.3 is 0 Å². The fourth-order valence-electron chi connectivity index (χ4n) is 3.55. The summed E-state index contributed by atoms with van der Waals surface area (Å²) >= 11 is 0. The molecule has 1 aliphatic carbocycles. The monoisotopic (exact) mass is 268 g/mol. The summed E-state index contributed by atoms with van der Waals surface area (Å²) in [7, 11) is 0. The van der Waals surface area contributed by atoms with Gasteiger partial charge in [-0.1, -0.05) is 0 Å². The van der Waals surface area contributed by atoms with Crippen molar-refractivity contribution in [3.63, 3.8) is 0 Å². The second kappa shape index (κ2) is 7.25. The molecular formula is C15H28N2O2. The lowest BCUT2D eigenvalue weighted by Gasteiger charge is -2.29. The van der Waals surface area contributed by atoms with E-state index in [2.05, 4.69) is 4.90 Å². The van der Waals surface area contributed by atoms with Crippen LogP contribution >= 0.6 is 0 Å². The Labute approximate surface area is 116 Å². The van der Waals surface area contributed by atoms with E-state index in [1.54, 1.807) is 0 Å². The molecule has 0 bridgehead atoms. The summed E-state index contributed by atoms with van der Waals surface area (Å²) in [5.74, 6) is 0.882. The number of hydrogen-bond acceptors (Lipinski definition) is 3. The van der Waals surface area contributed by atoms with Crippen LogP contribution < -0.4 is 5.73 Å². The summed E-state index contributed by atoms with van der Waals surface area (Å²) in [4.78, 5) is 14.5. The Morgan fingerprint density at radius 3 is 2.63 bits per heavy atom. The highest BCUT2D eigenvalue weighted by molar-refractivity contribution is 5.77. The van der Waals surface area contributed by atoms with Crippen molar-refractivity contribution in [2.24, 2.45) is 11.7 Å². The molecule has 1 heterocycles. The van der Waals surface area contributed by atoms with Crippen LogP contribution in [0.2, 0.25) is 0 Å². The number of aliphatic hydroxyl groups is 1. The van der Waals surface area contributed by atoms with Gasteiger partial charge in [-0.15, -0.1) is 0 Å². The number of carbonyl (C=O) groups excluding carboxylic acids is 1. The molecule has 2 rings (SSSR count). The van der Waals surface area contributed by atoms with Gasteiger partial charge in [-0.05, 0) is 57.3 Å². The number of carbonyl (C=O) groups is 1. The number of aliphatic hydroxyl groups excluding tert-OH is 1. The number of hydrogen-bond donors (Lipinski definition) is 2. The van der Waals surface area contributed by atoms with E-state index in [4.69, 9.17) is 10.8 Å². The first kappa shape index (κ1) is 14.8. The average Bonchev–Trinajstić information content (AvgIpc) is 2.87. The topological polar surface area (TPSA) is 66.6 Å². The maximum atomic E-state index is 12.4. The van der Waals surface area contributed by atoms with Gasteiger partial charge in [0.25, 0.3) is 0 Å². The van der Waals surface area contributed by atoms with E-state index in [0.29, 0.717) is 30.3 Å². The average molecular weight is 268 g/mol. The molecule has 0 aromatic heterocycles. The van der Waals surface area contributed by atoms with Crippen molar-refractivity contribution in [1.82, 2.24) is 4.90 Å². The molecule has 2 fully saturated rings. The smallest absolute Gasteiger partial charge is 0.223 e. The van der Waals surface area contributed by atoms with Crippen molar-refractivity contribution in [3.05, 3.63) is 0 Å². The lowest BCUT2D eigenvalue weighted by atomic mass is 9.84. The van der Waals surface area contributed by atoms with Crippen molar-refractivity contribution in [2.45, 2.75) is 69.9 Å². The fraction of sp³-hybridized carbons (Fsp3) is 0.933. The van der Waals surface area contributed by atoms with Crippen LogP contribution in [0.1, 0.15) is 57.8 Å². The molecule has 0 radical (unpaired) electrons. The lowest BCUT2D eigenvalue weighted by Crippen LogP contribution is -2.37. The van der Waals surface area contributed by atoms with Crippen molar-refractivity contribution in [3.8, 4) is 0 Å². The van der Waals surface area contributed by atoms with E-state index in [-0.39, 0.29) is 6.61 Å². The molecule has 1 amide bonds. The minimum Gasteiger partial charge on any atom is -0.396 e. The van der Waals surface area contributed by atoms with E-state index in [0.717, 1.165) is 57.9 Å². The fourth-order valence-corrected chi connectivity index (χ4v) is 3.55. The zero-order valence-electron chi connectivity index (χ0n) is 11.9. The molecule has 0 aromatic carbocycles. The van der Waals surface area contributed by atoms with E-state index >= 15 is 0 Å². The number of nitrogens with two attached hydrogens (primary N) is 1. The minimum atomic E-state index is 0.235. The first-order valence-electron chi connectivity index (χ1n) is 7.86. The molecule has 1 saturated heterocycles. The van der Waals surface area contributed by atoms with Gasteiger partial charge in [0, 0.05) is 31.7 Å². The minimum absolute atomic E-state index is 0.235. The zero-order valence-corrected chi connectivity index (χ0v) is 11.9. The maximum Gasteiger partial charge on any atom is 0.223 e. The summed E-state index contributed by atoms with van der Waals surface area (Å²) in [6.45, 7) is 1.15. The largest absolute Gasteiger partial charge is 0.396 e. The number of rotatable bonds is 5. The molecule has 4 nitrogen and oxygen atoms in total. The molecule has 1 atom stereocenters. The number of amides is 1. The van der Waals surface area contributed by atoms with Crippen LogP contribution in [0.25, 0.3) is 0 Å². The Morgan fingerprint density at radius 2 is 1.95 bits per heavy atom. The van der Waals surface area contributed by atoms with E-state index in [1.807, 2.05) is 0 Å².